The molecule has 2 aromatic rings. The second-order valence-electron chi connectivity index (χ2n) is 5.04. The summed E-state index contributed by atoms with van der Waals surface area (Å²) in [7, 11) is 0. The number of carbonyl (C=O) groups excluding carboxylic acids is 1. The van der Waals surface area contributed by atoms with Gasteiger partial charge in [0.15, 0.2) is 0 Å². The van der Waals surface area contributed by atoms with Crippen LogP contribution in [0.1, 0.15) is 28.4 Å². The summed E-state index contributed by atoms with van der Waals surface area (Å²) < 4.78 is 13.5. The van der Waals surface area contributed by atoms with Crippen LogP contribution in [0.5, 0.6) is 0 Å². The van der Waals surface area contributed by atoms with Crippen LogP contribution in [0.15, 0.2) is 42.5 Å². The number of halogens is 1. The maximum Gasteiger partial charge on any atom is 0.254 e. The summed E-state index contributed by atoms with van der Waals surface area (Å²) in [6, 6.07) is 11.8. The van der Waals surface area contributed by atoms with Crippen molar-refractivity contribution < 1.29 is 9.18 Å². The molecule has 0 aliphatic heterocycles. The SMILES string of the molecule is CCN(Cc1ccccc1N)C(=O)c1cc(C)cc(F)c1. The molecule has 0 bridgehead atoms. The van der Waals surface area contributed by atoms with Crippen LogP contribution in [0, 0.1) is 12.7 Å². The number of para-hydroxylation sites is 1. The molecule has 0 radical (unpaired) electrons. The molecule has 0 spiro atoms. The Bertz CT molecular complexity index is 635. The second-order valence-corrected chi connectivity index (χ2v) is 5.04. The molecular formula is C17H19FN2O. The first-order valence-electron chi connectivity index (χ1n) is 6.91. The third-order valence-electron chi connectivity index (χ3n) is 3.37. The van der Waals surface area contributed by atoms with Crippen LogP contribution in [0.25, 0.3) is 0 Å². The van der Waals surface area contributed by atoms with Crippen molar-refractivity contribution in [2.75, 3.05) is 12.3 Å². The van der Waals surface area contributed by atoms with Crippen LogP contribution >= 0.6 is 0 Å². The Balaban J connectivity index is 2.24. The molecule has 0 heterocycles. The van der Waals surface area contributed by atoms with E-state index in [2.05, 4.69) is 0 Å². The third-order valence-corrected chi connectivity index (χ3v) is 3.37. The number of nitrogens with two attached hydrogens (primary N) is 1. The van der Waals surface area contributed by atoms with Crippen molar-refractivity contribution in [1.29, 1.82) is 0 Å². The van der Waals surface area contributed by atoms with Gasteiger partial charge in [-0.2, -0.15) is 0 Å². The van der Waals surface area contributed by atoms with Gasteiger partial charge in [-0.25, -0.2) is 4.39 Å². The van der Waals surface area contributed by atoms with Gasteiger partial charge in [-0.15, -0.1) is 0 Å². The summed E-state index contributed by atoms with van der Waals surface area (Å²) in [4.78, 5) is 14.2. The highest BCUT2D eigenvalue weighted by molar-refractivity contribution is 5.94. The molecule has 4 heteroatoms. The van der Waals surface area contributed by atoms with E-state index in [1.165, 1.54) is 12.1 Å². The maximum absolute atomic E-state index is 13.5. The fourth-order valence-corrected chi connectivity index (χ4v) is 2.25. The molecular weight excluding hydrogens is 267 g/mol. The molecule has 0 fully saturated rings. The Morgan fingerprint density at radius 3 is 2.57 bits per heavy atom. The van der Waals surface area contributed by atoms with E-state index >= 15 is 0 Å². The molecule has 0 saturated carbocycles. The number of hydrogen-bond acceptors (Lipinski definition) is 2. The quantitative estimate of drug-likeness (QED) is 0.876. The van der Waals surface area contributed by atoms with Crippen LogP contribution in [0.2, 0.25) is 0 Å². The van der Waals surface area contributed by atoms with Crippen molar-refractivity contribution in [2.24, 2.45) is 0 Å². The molecule has 110 valence electrons. The zero-order valence-electron chi connectivity index (χ0n) is 12.3. The van der Waals surface area contributed by atoms with Crippen molar-refractivity contribution in [2.45, 2.75) is 20.4 Å². The van der Waals surface area contributed by atoms with Gasteiger partial charge in [-0.05, 0) is 49.2 Å². The van der Waals surface area contributed by atoms with Crippen LogP contribution in [0.3, 0.4) is 0 Å². The van der Waals surface area contributed by atoms with Gasteiger partial charge in [-0.1, -0.05) is 18.2 Å². The van der Waals surface area contributed by atoms with Crippen molar-refractivity contribution >= 4 is 11.6 Å². The third kappa shape index (κ3) is 3.60. The van der Waals surface area contributed by atoms with Gasteiger partial charge in [0.2, 0.25) is 0 Å². The lowest BCUT2D eigenvalue weighted by Gasteiger charge is -2.22. The largest absolute Gasteiger partial charge is 0.398 e. The number of anilines is 1. The van der Waals surface area contributed by atoms with Crippen LogP contribution in [0.4, 0.5) is 10.1 Å². The number of carbonyl (C=O) groups is 1. The zero-order chi connectivity index (χ0) is 15.4. The van der Waals surface area contributed by atoms with E-state index in [4.69, 9.17) is 5.73 Å². The Morgan fingerprint density at radius 2 is 1.95 bits per heavy atom. The predicted molar refractivity (Wildman–Crippen MR) is 82.4 cm³/mol. The molecule has 0 atom stereocenters. The smallest absolute Gasteiger partial charge is 0.254 e. The molecule has 1 amide bonds. The first kappa shape index (κ1) is 15.0. The number of aryl methyl sites for hydroxylation is 1. The van der Waals surface area contributed by atoms with Crippen molar-refractivity contribution in [3.8, 4) is 0 Å². The maximum atomic E-state index is 13.5. The Morgan fingerprint density at radius 1 is 1.24 bits per heavy atom. The number of hydrogen-bond donors (Lipinski definition) is 1. The molecule has 0 aromatic heterocycles. The summed E-state index contributed by atoms with van der Waals surface area (Å²) in [5.41, 5.74) is 8.55. The topological polar surface area (TPSA) is 46.3 Å². The van der Waals surface area contributed by atoms with E-state index in [0.717, 1.165) is 11.1 Å². The Kier molecular flexibility index (Phi) is 4.58. The number of rotatable bonds is 4. The molecule has 2 N–H and O–H groups in total. The van der Waals surface area contributed by atoms with Gasteiger partial charge < -0.3 is 10.6 Å². The molecule has 0 aliphatic rings. The highest BCUT2D eigenvalue weighted by Gasteiger charge is 2.16. The monoisotopic (exact) mass is 286 g/mol. The fourth-order valence-electron chi connectivity index (χ4n) is 2.25. The summed E-state index contributed by atoms with van der Waals surface area (Å²) in [5.74, 6) is -0.586. The minimum absolute atomic E-state index is 0.191. The molecule has 2 aromatic carbocycles. The van der Waals surface area contributed by atoms with Crippen LogP contribution < -0.4 is 5.73 Å². The van der Waals surface area contributed by atoms with Crippen molar-refractivity contribution in [3.63, 3.8) is 0 Å². The summed E-state index contributed by atoms with van der Waals surface area (Å²) >= 11 is 0. The zero-order valence-corrected chi connectivity index (χ0v) is 12.3. The van der Waals surface area contributed by atoms with Gasteiger partial charge >= 0.3 is 0 Å². The Labute approximate surface area is 124 Å². The molecule has 21 heavy (non-hydrogen) atoms. The van der Waals surface area contributed by atoms with Crippen molar-refractivity contribution in [1.82, 2.24) is 4.90 Å². The first-order chi connectivity index (χ1) is 10.0. The summed E-state index contributed by atoms with van der Waals surface area (Å²) in [5, 5.41) is 0. The van der Waals surface area contributed by atoms with Crippen LogP contribution in [-0.4, -0.2) is 17.4 Å². The highest BCUT2D eigenvalue weighted by atomic mass is 19.1. The molecule has 0 saturated heterocycles. The minimum Gasteiger partial charge on any atom is -0.398 e. The van der Waals surface area contributed by atoms with Gasteiger partial charge in [0, 0.05) is 24.3 Å². The van der Waals surface area contributed by atoms with Crippen LogP contribution in [-0.2, 0) is 6.54 Å². The second kappa shape index (κ2) is 6.39. The van der Waals surface area contributed by atoms with E-state index in [-0.39, 0.29) is 5.91 Å². The molecule has 2 rings (SSSR count). The van der Waals surface area contributed by atoms with E-state index in [9.17, 15) is 9.18 Å². The minimum atomic E-state index is -0.395. The summed E-state index contributed by atoms with van der Waals surface area (Å²) in [6.07, 6.45) is 0. The van der Waals surface area contributed by atoms with E-state index < -0.39 is 5.82 Å². The normalized spacial score (nSPS) is 10.4. The lowest BCUT2D eigenvalue weighted by atomic mass is 10.1. The number of nitrogens with zero attached hydrogens (tertiary/aromatic N) is 1. The number of nitrogen functional groups attached to an aromatic ring is 1. The number of benzene rings is 2. The van der Waals surface area contributed by atoms with Gasteiger partial charge in [0.05, 0.1) is 0 Å². The van der Waals surface area contributed by atoms with Gasteiger partial charge in [0.25, 0.3) is 5.91 Å². The van der Waals surface area contributed by atoms with E-state index in [1.54, 1.807) is 24.0 Å². The van der Waals surface area contributed by atoms with E-state index in [0.29, 0.717) is 24.3 Å². The molecule has 3 nitrogen and oxygen atoms in total. The average Bonchev–Trinajstić information content (AvgIpc) is 2.44. The molecule has 0 unspecified atom stereocenters. The summed E-state index contributed by atoms with van der Waals surface area (Å²) in [6.45, 7) is 4.61. The Hall–Kier alpha value is -2.36. The van der Waals surface area contributed by atoms with Crippen molar-refractivity contribution in [3.05, 3.63) is 65.0 Å². The number of amides is 1. The van der Waals surface area contributed by atoms with Gasteiger partial charge in [0.1, 0.15) is 5.82 Å². The standard InChI is InChI=1S/C17H19FN2O/c1-3-20(11-13-6-4-5-7-16(13)19)17(21)14-8-12(2)9-15(18)10-14/h4-10H,3,11,19H2,1-2H3. The van der Waals surface area contributed by atoms with E-state index in [1.807, 2.05) is 25.1 Å². The predicted octanol–water partition coefficient (Wildman–Crippen LogP) is 3.38. The fraction of sp³-hybridized carbons (Fsp3) is 0.235. The lowest BCUT2D eigenvalue weighted by Crippen LogP contribution is -2.30. The average molecular weight is 286 g/mol. The molecule has 0 aliphatic carbocycles. The van der Waals surface area contributed by atoms with Gasteiger partial charge in [-0.3, -0.25) is 4.79 Å². The lowest BCUT2D eigenvalue weighted by molar-refractivity contribution is 0.0752. The first-order valence-corrected chi connectivity index (χ1v) is 6.91. The highest BCUT2D eigenvalue weighted by Crippen LogP contribution is 2.16.